The van der Waals surface area contributed by atoms with Gasteiger partial charge in [-0.05, 0) is 52.4 Å². The highest BCUT2D eigenvalue weighted by molar-refractivity contribution is 9.10. The first-order valence-electron chi connectivity index (χ1n) is 6.42. The van der Waals surface area contributed by atoms with E-state index in [4.69, 9.17) is 5.11 Å². The van der Waals surface area contributed by atoms with Crippen LogP contribution in [0.2, 0.25) is 0 Å². The normalized spacial score (nSPS) is 16.9. The van der Waals surface area contributed by atoms with Gasteiger partial charge in [-0.2, -0.15) is 0 Å². The predicted octanol–water partition coefficient (Wildman–Crippen LogP) is 2.41. The van der Waals surface area contributed by atoms with Gasteiger partial charge in [0.15, 0.2) is 0 Å². The van der Waals surface area contributed by atoms with Gasteiger partial charge in [-0.15, -0.1) is 0 Å². The highest BCUT2D eigenvalue weighted by Crippen LogP contribution is 2.26. The summed E-state index contributed by atoms with van der Waals surface area (Å²) < 4.78 is 27.6. The predicted molar refractivity (Wildman–Crippen MR) is 77.2 cm³/mol. The van der Waals surface area contributed by atoms with Crippen LogP contribution in [0.5, 0.6) is 0 Å². The second-order valence-electron chi connectivity index (χ2n) is 4.93. The third-order valence-corrected chi connectivity index (χ3v) is 5.91. The van der Waals surface area contributed by atoms with Crippen molar-refractivity contribution in [2.24, 2.45) is 5.92 Å². The minimum Gasteiger partial charge on any atom is -0.392 e. The third-order valence-electron chi connectivity index (χ3n) is 3.51. The Bertz CT molecular complexity index is 539. The molecule has 0 spiro atoms. The zero-order valence-electron chi connectivity index (χ0n) is 10.6. The molecule has 1 aliphatic rings. The van der Waals surface area contributed by atoms with Crippen LogP contribution in [0.15, 0.2) is 27.6 Å². The molecule has 0 saturated heterocycles. The van der Waals surface area contributed by atoms with E-state index in [1.165, 1.54) is 18.9 Å². The van der Waals surface area contributed by atoms with Crippen LogP contribution < -0.4 is 4.72 Å². The van der Waals surface area contributed by atoms with Crippen LogP contribution in [-0.2, 0) is 16.6 Å². The number of sulfonamides is 1. The Morgan fingerprint density at radius 1 is 1.32 bits per heavy atom. The Kier molecular flexibility index (Phi) is 5.00. The molecule has 0 unspecified atom stereocenters. The summed E-state index contributed by atoms with van der Waals surface area (Å²) in [6, 6.07) is 4.77. The molecule has 0 bridgehead atoms. The minimum absolute atomic E-state index is 0.103. The van der Waals surface area contributed by atoms with E-state index in [1.807, 2.05) is 0 Å². The first-order chi connectivity index (χ1) is 9.03. The molecule has 0 aromatic heterocycles. The first-order valence-corrected chi connectivity index (χ1v) is 8.69. The zero-order chi connectivity index (χ0) is 13.9. The number of aliphatic hydroxyl groups is 1. The van der Waals surface area contributed by atoms with Crippen molar-refractivity contribution in [1.29, 1.82) is 0 Å². The molecule has 0 amide bonds. The molecule has 0 heterocycles. The Labute approximate surface area is 122 Å². The van der Waals surface area contributed by atoms with E-state index in [0.29, 0.717) is 22.5 Å². The number of nitrogens with one attached hydrogen (secondary N) is 1. The summed E-state index contributed by atoms with van der Waals surface area (Å²) in [5.41, 5.74) is 0.682. The van der Waals surface area contributed by atoms with Crippen LogP contribution in [0.3, 0.4) is 0 Å². The molecule has 1 aromatic rings. The molecule has 4 nitrogen and oxygen atoms in total. The molecule has 0 aliphatic heterocycles. The first kappa shape index (κ1) is 15.0. The summed E-state index contributed by atoms with van der Waals surface area (Å²) in [5, 5.41) is 9.02. The van der Waals surface area contributed by atoms with Crippen molar-refractivity contribution in [1.82, 2.24) is 4.72 Å². The Balaban J connectivity index is 2.10. The van der Waals surface area contributed by atoms with Gasteiger partial charge in [0.1, 0.15) is 0 Å². The summed E-state index contributed by atoms with van der Waals surface area (Å²) in [6.45, 7) is 0.408. The number of hydrogen-bond acceptors (Lipinski definition) is 3. The van der Waals surface area contributed by atoms with E-state index in [-0.39, 0.29) is 11.5 Å². The van der Waals surface area contributed by atoms with Crippen LogP contribution >= 0.6 is 15.9 Å². The average molecular weight is 348 g/mol. The molecule has 19 heavy (non-hydrogen) atoms. The van der Waals surface area contributed by atoms with E-state index in [0.717, 1.165) is 12.8 Å². The van der Waals surface area contributed by atoms with Gasteiger partial charge in [-0.1, -0.05) is 18.9 Å². The van der Waals surface area contributed by atoms with Crippen LogP contribution in [0, 0.1) is 5.92 Å². The minimum atomic E-state index is -3.48. The van der Waals surface area contributed by atoms with Gasteiger partial charge in [0.25, 0.3) is 0 Å². The van der Waals surface area contributed by atoms with Gasteiger partial charge in [0, 0.05) is 11.0 Å². The standard InChI is InChI=1S/C13H18BrNO3S/c14-12-7-11(9-16)5-6-13(12)19(17,18)15-8-10-3-1-2-4-10/h5-7,10,15-16H,1-4,8-9H2. The van der Waals surface area contributed by atoms with Crippen LogP contribution in [0.4, 0.5) is 0 Å². The summed E-state index contributed by atoms with van der Waals surface area (Å²) in [7, 11) is -3.48. The van der Waals surface area contributed by atoms with Crippen molar-refractivity contribution in [3.8, 4) is 0 Å². The van der Waals surface area contributed by atoms with E-state index in [1.54, 1.807) is 12.1 Å². The smallest absolute Gasteiger partial charge is 0.241 e. The van der Waals surface area contributed by atoms with Gasteiger partial charge < -0.3 is 5.11 Å². The summed E-state index contributed by atoms with van der Waals surface area (Å²) in [4.78, 5) is 0.225. The molecule has 2 N–H and O–H groups in total. The molecule has 1 aliphatic carbocycles. The number of halogens is 1. The molecule has 1 saturated carbocycles. The lowest BCUT2D eigenvalue weighted by Gasteiger charge is -2.12. The highest BCUT2D eigenvalue weighted by atomic mass is 79.9. The Morgan fingerprint density at radius 2 is 2.00 bits per heavy atom. The van der Waals surface area contributed by atoms with Gasteiger partial charge >= 0.3 is 0 Å². The van der Waals surface area contributed by atoms with E-state index in [9.17, 15) is 8.42 Å². The van der Waals surface area contributed by atoms with Gasteiger partial charge in [-0.3, -0.25) is 0 Å². The third kappa shape index (κ3) is 3.78. The quantitative estimate of drug-likeness (QED) is 0.859. The van der Waals surface area contributed by atoms with Gasteiger partial charge in [0.05, 0.1) is 11.5 Å². The van der Waals surface area contributed by atoms with Gasteiger partial charge in [-0.25, -0.2) is 13.1 Å². The van der Waals surface area contributed by atoms with Crippen LogP contribution in [-0.4, -0.2) is 20.1 Å². The highest BCUT2D eigenvalue weighted by Gasteiger charge is 2.21. The average Bonchev–Trinajstić information content (AvgIpc) is 2.89. The van der Waals surface area contributed by atoms with Crippen molar-refractivity contribution in [3.63, 3.8) is 0 Å². The summed E-state index contributed by atoms with van der Waals surface area (Å²) >= 11 is 3.25. The zero-order valence-corrected chi connectivity index (χ0v) is 13.0. The maximum atomic E-state index is 12.2. The van der Waals surface area contributed by atoms with Crippen molar-refractivity contribution in [3.05, 3.63) is 28.2 Å². The lowest BCUT2D eigenvalue weighted by Crippen LogP contribution is -2.28. The number of hydrogen-bond donors (Lipinski definition) is 2. The van der Waals surface area contributed by atoms with Crippen molar-refractivity contribution in [2.45, 2.75) is 37.2 Å². The number of rotatable bonds is 5. The molecular weight excluding hydrogens is 330 g/mol. The molecule has 106 valence electrons. The number of aliphatic hydroxyl groups excluding tert-OH is 1. The largest absolute Gasteiger partial charge is 0.392 e. The van der Waals surface area contributed by atoms with E-state index < -0.39 is 10.0 Å². The molecule has 6 heteroatoms. The van der Waals surface area contributed by atoms with E-state index in [2.05, 4.69) is 20.7 Å². The lowest BCUT2D eigenvalue weighted by atomic mass is 10.1. The molecule has 0 radical (unpaired) electrons. The molecule has 2 rings (SSSR count). The second-order valence-corrected chi connectivity index (χ2v) is 7.51. The fraction of sp³-hybridized carbons (Fsp3) is 0.538. The van der Waals surface area contributed by atoms with Crippen molar-refractivity contribution in [2.75, 3.05) is 6.54 Å². The maximum absolute atomic E-state index is 12.2. The van der Waals surface area contributed by atoms with Gasteiger partial charge in [0.2, 0.25) is 10.0 Å². The lowest BCUT2D eigenvalue weighted by molar-refractivity contribution is 0.281. The summed E-state index contributed by atoms with van der Waals surface area (Å²) in [6.07, 6.45) is 4.60. The molecule has 0 atom stereocenters. The molecule has 1 fully saturated rings. The summed E-state index contributed by atoms with van der Waals surface area (Å²) in [5.74, 6) is 0.463. The fourth-order valence-electron chi connectivity index (χ4n) is 2.38. The number of benzene rings is 1. The fourth-order valence-corrected chi connectivity index (χ4v) is 4.62. The second kappa shape index (κ2) is 6.35. The molecule has 1 aromatic carbocycles. The van der Waals surface area contributed by atoms with Crippen LogP contribution in [0.25, 0.3) is 0 Å². The molecular formula is C13H18BrNO3S. The van der Waals surface area contributed by atoms with E-state index >= 15 is 0 Å². The maximum Gasteiger partial charge on any atom is 0.241 e. The van der Waals surface area contributed by atoms with Crippen molar-refractivity contribution < 1.29 is 13.5 Å². The topological polar surface area (TPSA) is 66.4 Å². The Hall–Kier alpha value is -0.430. The van der Waals surface area contributed by atoms with Crippen LogP contribution in [0.1, 0.15) is 31.2 Å². The SMILES string of the molecule is O=S(=O)(NCC1CCCC1)c1ccc(CO)cc1Br. The monoisotopic (exact) mass is 347 g/mol. The Morgan fingerprint density at radius 3 is 2.58 bits per heavy atom. The van der Waals surface area contributed by atoms with Crippen molar-refractivity contribution >= 4 is 26.0 Å².